The number of dihydropyridines is 1. The topological polar surface area (TPSA) is 176 Å². The highest BCUT2D eigenvalue weighted by atomic mass is 16.1. The van der Waals surface area contributed by atoms with Crippen molar-refractivity contribution < 1.29 is 19.2 Å². The average Bonchev–Trinajstić information content (AvgIpc) is 4.10. The Morgan fingerprint density at radius 1 is 0.446 bits per heavy atom. The maximum atomic E-state index is 11.6. The highest BCUT2D eigenvalue weighted by Crippen LogP contribution is 2.37. The summed E-state index contributed by atoms with van der Waals surface area (Å²) in [5.74, 6) is 0. The number of nitrogens with one attached hydrogen (secondary N) is 3. The summed E-state index contributed by atoms with van der Waals surface area (Å²) < 4.78 is 0. The van der Waals surface area contributed by atoms with Gasteiger partial charge in [0.25, 0.3) is 0 Å². The van der Waals surface area contributed by atoms with Gasteiger partial charge >= 0.3 is 0 Å². The Labute approximate surface area is 318 Å². The van der Waals surface area contributed by atoms with Crippen molar-refractivity contribution in [1.82, 2.24) is 40.2 Å². The molecule has 0 saturated carbocycles. The molecule has 9 heterocycles. The lowest BCUT2D eigenvalue weighted by molar-refractivity contribution is -0.105. The predicted octanol–water partition coefficient (Wildman–Crippen LogP) is 7.35. The van der Waals surface area contributed by atoms with E-state index >= 15 is 0 Å². The largest absolute Gasteiger partial charge is 0.378 e. The molecule has 0 unspecified atom stereocenters. The van der Waals surface area contributed by atoms with Crippen LogP contribution in [0.1, 0.15) is 59.8 Å². The second-order valence-corrected chi connectivity index (χ2v) is 13.1. The van der Waals surface area contributed by atoms with Crippen LogP contribution in [0.15, 0.2) is 97.1 Å². The Morgan fingerprint density at radius 2 is 0.839 bits per heavy atom. The van der Waals surface area contributed by atoms with Crippen LogP contribution < -0.4 is 5.32 Å². The van der Waals surface area contributed by atoms with E-state index in [2.05, 4.69) is 30.2 Å². The zero-order valence-corrected chi connectivity index (χ0v) is 29.4. The third-order valence-electron chi connectivity index (χ3n) is 9.74. The van der Waals surface area contributed by atoms with E-state index in [1.54, 1.807) is 42.9 Å². The monoisotopic (exact) mass is 732 g/mol. The second kappa shape index (κ2) is 14.1. The third kappa shape index (κ3) is 6.06. The molecule has 6 aromatic heterocycles. The van der Waals surface area contributed by atoms with Crippen molar-refractivity contribution >= 4 is 77.1 Å². The Kier molecular flexibility index (Phi) is 8.52. The summed E-state index contributed by atoms with van der Waals surface area (Å²) in [6, 6.07) is 18.4. The van der Waals surface area contributed by atoms with Crippen molar-refractivity contribution in [1.29, 1.82) is 0 Å². The number of aldehydes is 4. The summed E-state index contributed by atoms with van der Waals surface area (Å²) in [6.45, 7) is 0.382. The normalized spacial score (nSPS) is 13.1. The lowest BCUT2D eigenvalue weighted by atomic mass is 10.0. The van der Waals surface area contributed by atoms with Crippen molar-refractivity contribution in [3.63, 3.8) is 0 Å². The van der Waals surface area contributed by atoms with Crippen molar-refractivity contribution in [3.05, 3.63) is 143 Å². The Hall–Kier alpha value is -7.99. The molecule has 0 radical (unpaired) electrons. The van der Waals surface area contributed by atoms with Gasteiger partial charge in [0.1, 0.15) is 17.1 Å². The van der Waals surface area contributed by atoms with Gasteiger partial charge in [-0.2, -0.15) is 0 Å². The van der Waals surface area contributed by atoms with E-state index in [0.29, 0.717) is 71.0 Å². The molecular weight excluding hydrogens is 705 g/mol. The maximum absolute atomic E-state index is 11.6. The van der Waals surface area contributed by atoms with Crippen molar-refractivity contribution in [2.24, 2.45) is 0 Å². The first-order chi connectivity index (χ1) is 27.5. The van der Waals surface area contributed by atoms with Gasteiger partial charge in [-0.15, -0.1) is 0 Å². The van der Waals surface area contributed by atoms with Crippen LogP contribution >= 0.6 is 0 Å². The van der Waals surface area contributed by atoms with Crippen LogP contribution in [0, 0.1) is 0 Å². The van der Waals surface area contributed by atoms with E-state index in [1.165, 1.54) is 0 Å². The minimum absolute atomic E-state index is 0.298. The van der Waals surface area contributed by atoms with Gasteiger partial charge in [0.2, 0.25) is 0 Å². The fourth-order valence-electron chi connectivity index (χ4n) is 7.08. The number of carbonyl (C=O) groups is 4. The Balaban J connectivity index is 1.44. The Bertz CT molecular complexity index is 2870. The first-order valence-electron chi connectivity index (χ1n) is 17.5. The number of allylic oxidation sites excluding steroid dienone is 3. The summed E-state index contributed by atoms with van der Waals surface area (Å²) in [5, 5.41) is 3.19. The molecule has 8 bridgehead atoms. The second-order valence-electron chi connectivity index (χ2n) is 13.1. The van der Waals surface area contributed by atoms with Gasteiger partial charge in [-0.05, 0) is 78.4 Å². The van der Waals surface area contributed by atoms with Gasteiger partial charge in [-0.3, -0.25) is 34.1 Å². The van der Waals surface area contributed by atoms with Crippen LogP contribution in [0.5, 0.6) is 0 Å². The highest BCUT2D eigenvalue weighted by molar-refractivity contribution is 5.99. The fraction of sp³-hybridized carbons (Fsp3) is 0.0227. The summed E-state index contributed by atoms with van der Waals surface area (Å²) >= 11 is 0. The molecule has 9 rings (SSSR count). The van der Waals surface area contributed by atoms with Gasteiger partial charge < -0.3 is 15.3 Å². The quantitative estimate of drug-likeness (QED) is 0.134. The molecule has 3 aliphatic rings. The first-order valence-corrected chi connectivity index (χ1v) is 17.5. The van der Waals surface area contributed by atoms with E-state index < -0.39 is 0 Å². The number of aromatic amines is 2. The molecule has 0 amide bonds. The van der Waals surface area contributed by atoms with Crippen LogP contribution in [0.2, 0.25) is 0 Å². The predicted molar refractivity (Wildman–Crippen MR) is 215 cm³/mol. The SMILES string of the molecule is O=CC1=CC=C(c2c3nc(c(-c4ccc(C=O)nc4)c4ccc([nH]4)c(-c4ccc(C=O)nc4)c4nc(c(-c5ccc(C=O)nc5)c5ccc2[nH]5)C=C4)C=C3)CN1. The molecule has 0 fully saturated rings. The van der Waals surface area contributed by atoms with Gasteiger partial charge in [0, 0.05) is 86.1 Å². The minimum Gasteiger partial charge on any atom is -0.378 e. The zero-order chi connectivity index (χ0) is 38.2. The van der Waals surface area contributed by atoms with Crippen LogP contribution in [0.3, 0.4) is 0 Å². The summed E-state index contributed by atoms with van der Waals surface area (Å²) in [6.07, 6.45) is 19.2. The lowest BCUT2D eigenvalue weighted by Crippen LogP contribution is -2.20. The number of H-pyrrole nitrogens is 2. The molecule has 0 aliphatic carbocycles. The van der Waals surface area contributed by atoms with E-state index in [0.717, 1.165) is 72.9 Å². The van der Waals surface area contributed by atoms with Crippen molar-refractivity contribution in [3.8, 4) is 33.4 Å². The number of carbonyl (C=O) groups excluding carboxylic acids is 4. The lowest BCUT2D eigenvalue weighted by Gasteiger charge is -2.15. The standard InChI is InChI=1S/C44H28N8O4/c53-21-29-5-1-25(17-45-29)41-33-9-11-35(49-33)42(26-2-6-30(22-54)46-18-26)37-13-15-39(51-37)44(28-4-8-32(24-56)48-20-28)40-16-14-38(52-40)43(36-12-10-34(41)50-36)27-3-7-31(23-55)47-19-27/h1-19,21-24,48-49,52H,20H2. The summed E-state index contributed by atoms with van der Waals surface area (Å²) in [5.41, 5.74) is 13.1. The number of pyridine rings is 3. The molecule has 0 aromatic carbocycles. The molecule has 12 heteroatoms. The van der Waals surface area contributed by atoms with E-state index in [4.69, 9.17) is 9.97 Å². The number of aromatic nitrogens is 7. The van der Waals surface area contributed by atoms with Gasteiger partial charge in [0.15, 0.2) is 25.1 Å². The van der Waals surface area contributed by atoms with Crippen LogP contribution in [0.4, 0.5) is 0 Å². The third-order valence-corrected chi connectivity index (χ3v) is 9.74. The molecule has 0 spiro atoms. The number of rotatable bonds is 8. The summed E-state index contributed by atoms with van der Waals surface area (Å²) in [7, 11) is 0. The number of hydrogen-bond donors (Lipinski definition) is 3. The maximum Gasteiger partial charge on any atom is 0.168 e. The average molecular weight is 733 g/mol. The van der Waals surface area contributed by atoms with E-state index in [-0.39, 0.29) is 0 Å². The Morgan fingerprint density at radius 3 is 1.16 bits per heavy atom. The van der Waals surface area contributed by atoms with Crippen molar-refractivity contribution in [2.45, 2.75) is 0 Å². The van der Waals surface area contributed by atoms with Gasteiger partial charge in [0.05, 0.1) is 28.5 Å². The summed E-state index contributed by atoms with van der Waals surface area (Å²) in [4.78, 5) is 77.1. The molecular formula is C44H28N8O4. The molecule has 0 saturated heterocycles. The molecule has 6 aromatic rings. The molecule has 268 valence electrons. The van der Waals surface area contributed by atoms with Crippen molar-refractivity contribution in [2.75, 3.05) is 6.54 Å². The first kappa shape index (κ1) is 33.8. The van der Waals surface area contributed by atoms with Gasteiger partial charge in [-0.1, -0.05) is 24.3 Å². The number of hydrogen-bond acceptors (Lipinski definition) is 10. The van der Waals surface area contributed by atoms with Crippen LogP contribution in [0.25, 0.3) is 85.3 Å². The molecule has 0 atom stereocenters. The molecule has 56 heavy (non-hydrogen) atoms. The molecule has 3 aliphatic heterocycles. The minimum atomic E-state index is 0.298. The number of nitrogens with zero attached hydrogens (tertiary/aromatic N) is 5. The van der Waals surface area contributed by atoms with Crippen LogP contribution in [-0.4, -0.2) is 66.6 Å². The smallest absolute Gasteiger partial charge is 0.168 e. The fourth-order valence-corrected chi connectivity index (χ4v) is 7.08. The molecule has 3 N–H and O–H groups in total. The zero-order valence-electron chi connectivity index (χ0n) is 29.4. The van der Waals surface area contributed by atoms with Crippen LogP contribution in [-0.2, 0) is 4.79 Å². The van der Waals surface area contributed by atoms with E-state index in [9.17, 15) is 19.2 Å². The van der Waals surface area contributed by atoms with E-state index in [1.807, 2.05) is 72.8 Å². The molecule has 12 nitrogen and oxygen atoms in total. The number of fused-ring (bicyclic) bond motifs is 8. The highest BCUT2D eigenvalue weighted by Gasteiger charge is 2.20. The van der Waals surface area contributed by atoms with Gasteiger partial charge in [-0.25, -0.2) is 9.97 Å².